The smallest absolute Gasteiger partial charge is 0.280 e. The van der Waals surface area contributed by atoms with Crippen LogP contribution in [0.1, 0.15) is 17.3 Å². The fourth-order valence-corrected chi connectivity index (χ4v) is 1.95. The fourth-order valence-electron chi connectivity index (χ4n) is 1.95. The number of carbonyl (C=O) groups excluding carboxylic acids is 1. The topological polar surface area (TPSA) is 142 Å². The third kappa shape index (κ3) is 4.26. The van der Waals surface area contributed by atoms with Crippen LogP contribution in [-0.2, 0) is 0 Å². The highest BCUT2D eigenvalue weighted by Crippen LogP contribution is 2.30. The van der Waals surface area contributed by atoms with Crippen LogP contribution in [0.4, 0.5) is 11.4 Å². The van der Waals surface area contributed by atoms with Gasteiger partial charge in [-0.15, -0.1) is 0 Å². The number of amides is 1. The molecule has 0 heterocycles. The normalized spacial score (nSPS) is 10.2. The standard InChI is InChI=1S/C15H14N4O6/c1-2-17(16)15(20)10-3-5-13(6-4-10)25-14-8-11(18(21)22)7-12(9-14)19(23)24/h3-9H,2,16H2,1H3. The molecule has 0 saturated carbocycles. The summed E-state index contributed by atoms with van der Waals surface area (Å²) in [7, 11) is 0. The van der Waals surface area contributed by atoms with E-state index in [0.717, 1.165) is 23.2 Å². The summed E-state index contributed by atoms with van der Waals surface area (Å²) in [5, 5.41) is 22.8. The van der Waals surface area contributed by atoms with E-state index >= 15 is 0 Å². The lowest BCUT2D eigenvalue weighted by molar-refractivity contribution is -0.394. The van der Waals surface area contributed by atoms with Gasteiger partial charge in [0.1, 0.15) is 11.5 Å². The molecule has 0 radical (unpaired) electrons. The van der Waals surface area contributed by atoms with Gasteiger partial charge >= 0.3 is 0 Å². The molecule has 10 heteroatoms. The van der Waals surface area contributed by atoms with E-state index in [1.54, 1.807) is 6.92 Å². The summed E-state index contributed by atoms with van der Waals surface area (Å²) in [6.07, 6.45) is 0. The fraction of sp³-hybridized carbons (Fsp3) is 0.133. The second-order valence-corrected chi connectivity index (χ2v) is 4.92. The third-order valence-electron chi connectivity index (χ3n) is 3.24. The monoisotopic (exact) mass is 346 g/mol. The van der Waals surface area contributed by atoms with Crippen molar-refractivity contribution in [3.63, 3.8) is 0 Å². The van der Waals surface area contributed by atoms with Crippen molar-refractivity contribution in [3.05, 3.63) is 68.3 Å². The van der Waals surface area contributed by atoms with Crippen LogP contribution < -0.4 is 10.6 Å². The molecule has 2 rings (SSSR count). The molecule has 10 nitrogen and oxygen atoms in total. The lowest BCUT2D eigenvalue weighted by Gasteiger charge is -2.14. The molecule has 0 bridgehead atoms. The van der Waals surface area contributed by atoms with Gasteiger partial charge in [-0.2, -0.15) is 0 Å². The van der Waals surface area contributed by atoms with Gasteiger partial charge in [0.25, 0.3) is 17.3 Å². The van der Waals surface area contributed by atoms with Gasteiger partial charge in [0, 0.05) is 12.1 Å². The highest BCUT2D eigenvalue weighted by molar-refractivity contribution is 5.93. The zero-order valence-electron chi connectivity index (χ0n) is 13.1. The van der Waals surface area contributed by atoms with Crippen LogP contribution >= 0.6 is 0 Å². The summed E-state index contributed by atoms with van der Waals surface area (Å²) in [5.41, 5.74) is -0.586. The van der Waals surface area contributed by atoms with Crippen LogP contribution in [0.25, 0.3) is 0 Å². The molecule has 25 heavy (non-hydrogen) atoms. The van der Waals surface area contributed by atoms with E-state index < -0.39 is 21.2 Å². The van der Waals surface area contributed by atoms with Gasteiger partial charge in [-0.3, -0.25) is 30.0 Å². The van der Waals surface area contributed by atoms with E-state index in [1.165, 1.54) is 24.3 Å². The number of nitrogens with zero attached hydrogens (tertiary/aromatic N) is 3. The largest absolute Gasteiger partial charge is 0.457 e. The molecule has 2 aromatic rings. The van der Waals surface area contributed by atoms with Crippen molar-refractivity contribution in [2.45, 2.75) is 6.92 Å². The van der Waals surface area contributed by atoms with E-state index in [1.807, 2.05) is 0 Å². The summed E-state index contributed by atoms with van der Waals surface area (Å²) in [4.78, 5) is 32.1. The van der Waals surface area contributed by atoms with Gasteiger partial charge in [0.05, 0.1) is 28.0 Å². The van der Waals surface area contributed by atoms with Crippen molar-refractivity contribution >= 4 is 17.3 Å². The van der Waals surface area contributed by atoms with E-state index in [4.69, 9.17) is 10.6 Å². The molecular weight excluding hydrogens is 332 g/mol. The number of nitro benzene ring substituents is 2. The predicted octanol–water partition coefficient (Wildman–Crippen LogP) is 2.63. The summed E-state index contributed by atoms with van der Waals surface area (Å²) in [6.45, 7) is 2.07. The van der Waals surface area contributed by atoms with Gasteiger partial charge in [-0.1, -0.05) is 0 Å². The first-order valence-corrected chi connectivity index (χ1v) is 7.10. The summed E-state index contributed by atoms with van der Waals surface area (Å²) < 4.78 is 5.42. The van der Waals surface area contributed by atoms with Crippen LogP contribution in [0.5, 0.6) is 11.5 Å². The van der Waals surface area contributed by atoms with Crippen molar-refractivity contribution in [1.82, 2.24) is 5.01 Å². The first kappa shape index (κ1) is 17.8. The first-order valence-electron chi connectivity index (χ1n) is 7.10. The molecule has 0 fully saturated rings. The molecule has 0 aliphatic carbocycles. The van der Waals surface area contributed by atoms with Crippen LogP contribution in [0.15, 0.2) is 42.5 Å². The number of nitrogens with two attached hydrogens (primary N) is 1. The molecule has 0 unspecified atom stereocenters. The number of ether oxygens (including phenoxy) is 1. The number of hydrazine groups is 1. The molecule has 0 saturated heterocycles. The molecule has 0 spiro atoms. The van der Waals surface area contributed by atoms with Crippen LogP contribution in [-0.4, -0.2) is 27.3 Å². The Morgan fingerprint density at radius 3 is 2.00 bits per heavy atom. The Labute approximate surface area is 141 Å². The Morgan fingerprint density at radius 1 is 1.04 bits per heavy atom. The van der Waals surface area contributed by atoms with E-state index in [9.17, 15) is 25.0 Å². The SMILES string of the molecule is CCN(N)C(=O)c1ccc(Oc2cc([N+](=O)[O-])cc([N+](=O)[O-])c2)cc1. The average Bonchev–Trinajstić information content (AvgIpc) is 2.60. The zero-order chi connectivity index (χ0) is 18.6. The Morgan fingerprint density at radius 2 is 1.56 bits per heavy atom. The summed E-state index contributed by atoms with van der Waals surface area (Å²) in [5.74, 6) is 5.34. The van der Waals surface area contributed by atoms with E-state index in [2.05, 4.69) is 0 Å². The van der Waals surface area contributed by atoms with Gasteiger partial charge in [0.2, 0.25) is 0 Å². The van der Waals surface area contributed by atoms with Crippen LogP contribution in [0.2, 0.25) is 0 Å². The van der Waals surface area contributed by atoms with Crippen molar-refractivity contribution in [1.29, 1.82) is 0 Å². The van der Waals surface area contributed by atoms with Crippen LogP contribution in [0, 0.1) is 20.2 Å². The molecule has 2 aromatic carbocycles. The van der Waals surface area contributed by atoms with E-state index in [-0.39, 0.29) is 17.4 Å². The highest BCUT2D eigenvalue weighted by Gasteiger charge is 2.18. The minimum Gasteiger partial charge on any atom is -0.457 e. The number of benzene rings is 2. The van der Waals surface area contributed by atoms with Gasteiger partial charge in [-0.25, -0.2) is 5.84 Å². The number of non-ortho nitro benzene ring substituents is 2. The Hall–Kier alpha value is -3.53. The summed E-state index contributed by atoms with van der Waals surface area (Å²) >= 11 is 0. The minimum atomic E-state index is -0.748. The quantitative estimate of drug-likeness (QED) is 0.366. The first-order chi connectivity index (χ1) is 11.8. The molecule has 0 aromatic heterocycles. The number of hydrogen-bond donors (Lipinski definition) is 1. The lowest BCUT2D eigenvalue weighted by Crippen LogP contribution is -2.36. The molecule has 130 valence electrons. The highest BCUT2D eigenvalue weighted by atomic mass is 16.6. The van der Waals surface area contributed by atoms with E-state index in [0.29, 0.717) is 12.1 Å². The predicted molar refractivity (Wildman–Crippen MR) is 87.2 cm³/mol. The van der Waals surface area contributed by atoms with Crippen molar-refractivity contribution in [3.8, 4) is 11.5 Å². The molecule has 2 N–H and O–H groups in total. The minimum absolute atomic E-state index is 0.0611. The Balaban J connectivity index is 2.26. The Bertz CT molecular complexity index is 789. The number of rotatable bonds is 6. The number of carbonyl (C=O) groups is 1. The zero-order valence-corrected chi connectivity index (χ0v) is 13.1. The maximum atomic E-state index is 11.9. The Kier molecular flexibility index (Phi) is 5.25. The lowest BCUT2D eigenvalue weighted by atomic mass is 10.2. The molecule has 0 aliphatic rings. The molecule has 0 atom stereocenters. The second-order valence-electron chi connectivity index (χ2n) is 4.92. The maximum absolute atomic E-state index is 11.9. The van der Waals surface area contributed by atoms with Gasteiger partial charge < -0.3 is 4.74 Å². The average molecular weight is 346 g/mol. The molecular formula is C15H14N4O6. The number of nitro groups is 2. The van der Waals surface area contributed by atoms with Gasteiger partial charge in [0.15, 0.2) is 0 Å². The maximum Gasteiger partial charge on any atom is 0.280 e. The van der Waals surface area contributed by atoms with Crippen molar-refractivity contribution < 1.29 is 19.4 Å². The molecule has 0 aliphatic heterocycles. The molecule has 1 amide bonds. The number of hydrogen-bond acceptors (Lipinski definition) is 7. The van der Waals surface area contributed by atoms with Gasteiger partial charge in [-0.05, 0) is 31.2 Å². The second kappa shape index (κ2) is 7.36. The van der Waals surface area contributed by atoms with Crippen molar-refractivity contribution in [2.24, 2.45) is 5.84 Å². The van der Waals surface area contributed by atoms with Crippen molar-refractivity contribution in [2.75, 3.05) is 6.54 Å². The summed E-state index contributed by atoms with van der Waals surface area (Å²) in [6, 6.07) is 8.85. The third-order valence-corrected chi connectivity index (χ3v) is 3.24. The van der Waals surface area contributed by atoms with Crippen LogP contribution in [0.3, 0.4) is 0 Å².